The van der Waals surface area contributed by atoms with Crippen LogP contribution in [0.3, 0.4) is 0 Å². The van der Waals surface area contributed by atoms with Crippen molar-refractivity contribution in [1.82, 2.24) is 4.98 Å². The summed E-state index contributed by atoms with van der Waals surface area (Å²) in [6, 6.07) is 10.1. The quantitative estimate of drug-likeness (QED) is 0.387. The molecule has 0 spiro atoms. The first-order valence-electron chi connectivity index (χ1n) is 5.42. The summed E-state index contributed by atoms with van der Waals surface area (Å²) < 4.78 is 6.19. The second-order valence-corrected chi connectivity index (χ2v) is 3.90. The molecule has 2 N–H and O–H groups in total. The molecule has 0 aliphatic carbocycles. The molecule has 3 aromatic rings. The van der Waals surface area contributed by atoms with Gasteiger partial charge in [0.05, 0.1) is 7.11 Å². The second-order valence-electron chi connectivity index (χ2n) is 3.90. The minimum absolute atomic E-state index is 0.0278. The standard InChI is InChI=1S/C13H10N2O3/c1-18-11-7-2-4-8-13(11)15(17)9-5-3-6-10(16)12(9)14-8/h2-7,17H,1H3/p+1. The smallest absolute Gasteiger partial charge is 0.325 e. The molecule has 0 radical (unpaired) electrons. The summed E-state index contributed by atoms with van der Waals surface area (Å²) in [6.07, 6.45) is 0. The molecule has 0 aliphatic heterocycles. The van der Waals surface area contributed by atoms with Gasteiger partial charge in [-0.2, -0.15) is 0 Å². The van der Waals surface area contributed by atoms with E-state index in [1.54, 1.807) is 30.3 Å². The van der Waals surface area contributed by atoms with Crippen molar-refractivity contribution in [2.24, 2.45) is 0 Å². The van der Waals surface area contributed by atoms with Gasteiger partial charge in [0.2, 0.25) is 0 Å². The highest BCUT2D eigenvalue weighted by molar-refractivity contribution is 5.87. The zero-order chi connectivity index (χ0) is 12.7. The largest absolute Gasteiger partial charge is 0.505 e. The molecule has 1 heterocycles. The number of phenolic OH excluding ortho intramolecular Hbond substituents is 1. The Labute approximate surface area is 102 Å². The normalized spacial score (nSPS) is 10.9. The molecular weight excluding hydrogens is 232 g/mol. The minimum Gasteiger partial charge on any atom is -0.505 e. The molecule has 5 heteroatoms. The van der Waals surface area contributed by atoms with E-state index in [1.807, 2.05) is 0 Å². The van der Waals surface area contributed by atoms with Crippen molar-refractivity contribution >= 4 is 22.1 Å². The zero-order valence-corrected chi connectivity index (χ0v) is 9.66. The number of methoxy groups -OCH3 is 1. The fourth-order valence-electron chi connectivity index (χ4n) is 2.02. The van der Waals surface area contributed by atoms with E-state index >= 15 is 0 Å². The lowest BCUT2D eigenvalue weighted by Crippen LogP contribution is -2.32. The Hall–Kier alpha value is -2.56. The molecule has 3 rings (SSSR count). The molecule has 2 aromatic carbocycles. The monoisotopic (exact) mass is 243 g/mol. The van der Waals surface area contributed by atoms with Crippen LogP contribution in [0.5, 0.6) is 11.5 Å². The first kappa shape index (κ1) is 10.6. The van der Waals surface area contributed by atoms with Crippen LogP contribution < -0.4 is 9.47 Å². The van der Waals surface area contributed by atoms with Crippen LogP contribution >= 0.6 is 0 Å². The SMILES string of the molecule is COc1cccc2nc3c(O)cccc3[n+](O)c12. The third-order valence-electron chi connectivity index (χ3n) is 2.86. The Balaban J connectivity index is 2.57. The van der Waals surface area contributed by atoms with Crippen molar-refractivity contribution in [1.29, 1.82) is 0 Å². The predicted octanol–water partition coefficient (Wildman–Crippen LogP) is 1.63. The highest BCUT2D eigenvalue weighted by Gasteiger charge is 2.22. The summed E-state index contributed by atoms with van der Waals surface area (Å²) in [5, 5.41) is 20.0. The first-order chi connectivity index (χ1) is 8.72. The van der Waals surface area contributed by atoms with Gasteiger partial charge in [-0.15, -0.1) is 0 Å². The van der Waals surface area contributed by atoms with Crippen molar-refractivity contribution in [3.05, 3.63) is 36.4 Å². The van der Waals surface area contributed by atoms with Crippen LogP contribution in [0.2, 0.25) is 0 Å². The lowest BCUT2D eigenvalue weighted by Gasteiger charge is -2.03. The Bertz CT molecular complexity index is 756. The van der Waals surface area contributed by atoms with Crippen LogP contribution in [0.4, 0.5) is 0 Å². The Kier molecular flexibility index (Phi) is 2.19. The lowest BCUT2D eigenvalue weighted by molar-refractivity contribution is -0.864. The summed E-state index contributed by atoms with van der Waals surface area (Å²) in [5.41, 5.74) is 1.79. The molecule has 0 aliphatic rings. The Morgan fingerprint density at radius 1 is 1.17 bits per heavy atom. The van der Waals surface area contributed by atoms with Crippen molar-refractivity contribution in [3.8, 4) is 11.5 Å². The van der Waals surface area contributed by atoms with Crippen molar-refractivity contribution < 1.29 is 19.8 Å². The van der Waals surface area contributed by atoms with Gasteiger partial charge in [-0.3, -0.25) is 5.21 Å². The topological polar surface area (TPSA) is 66.5 Å². The van der Waals surface area contributed by atoms with Gasteiger partial charge in [0.25, 0.3) is 5.52 Å². The van der Waals surface area contributed by atoms with Gasteiger partial charge in [0, 0.05) is 10.8 Å². The number of phenols is 1. The van der Waals surface area contributed by atoms with E-state index in [0.29, 0.717) is 27.8 Å². The Morgan fingerprint density at radius 3 is 2.72 bits per heavy atom. The van der Waals surface area contributed by atoms with Crippen LogP contribution in [0, 0.1) is 0 Å². The number of nitrogens with zero attached hydrogens (tertiary/aromatic N) is 2. The first-order valence-corrected chi connectivity index (χ1v) is 5.42. The number of hydrogen-bond donors (Lipinski definition) is 2. The number of rotatable bonds is 1. The van der Waals surface area contributed by atoms with Crippen LogP contribution in [0.25, 0.3) is 22.1 Å². The molecule has 0 unspecified atom stereocenters. The predicted molar refractivity (Wildman–Crippen MR) is 64.8 cm³/mol. The van der Waals surface area contributed by atoms with Gasteiger partial charge in [-0.1, -0.05) is 12.1 Å². The number of aromatic hydroxyl groups is 1. The third kappa shape index (κ3) is 1.34. The average molecular weight is 243 g/mol. The number of fused-ring (bicyclic) bond motifs is 2. The van der Waals surface area contributed by atoms with E-state index in [-0.39, 0.29) is 5.75 Å². The number of aromatic nitrogens is 2. The van der Waals surface area contributed by atoms with Gasteiger partial charge in [0.15, 0.2) is 11.3 Å². The molecule has 90 valence electrons. The van der Waals surface area contributed by atoms with Crippen LogP contribution in [0.1, 0.15) is 0 Å². The second kappa shape index (κ2) is 3.73. The van der Waals surface area contributed by atoms with Crippen LogP contribution in [0.15, 0.2) is 36.4 Å². The highest BCUT2D eigenvalue weighted by Crippen LogP contribution is 2.26. The van der Waals surface area contributed by atoms with E-state index in [4.69, 9.17) is 4.74 Å². The van der Waals surface area contributed by atoms with Gasteiger partial charge < -0.3 is 9.84 Å². The fourth-order valence-corrected chi connectivity index (χ4v) is 2.02. The fraction of sp³-hybridized carbons (Fsp3) is 0.0769. The number of para-hydroxylation sites is 2. The van der Waals surface area contributed by atoms with Crippen molar-refractivity contribution in [2.75, 3.05) is 7.11 Å². The van der Waals surface area contributed by atoms with Crippen LogP contribution in [-0.4, -0.2) is 22.4 Å². The molecule has 18 heavy (non-hydrogen) atoms. The van der Waals surface area contributed by atoms with E-state index < -0.39 is 0 Å². The minimum atomic E-state index is 0.0278. The van der Waals surface area contributed by atoms with Crippen molar-refractivity contribution in [3.63, 3.8) is 0 Å². The molecule has 0 bridgehead atoms. The molecule has 5 nitrogen and oxygen atoms in total. The summed E-state index contributed by atoms with van der Waals surface area (Å²) >= 11 is 0. The van der Waals surface area contributed by atoms with E-state index in [9.17, 15) is 10.3 Å². The zero-order valence-electron chi connectivity index (χ0n) is 9.66. The highest BCUT2D eigenvalue weighted by atomic mass is 16.5. The summed E-state index contributed by atoms with van der Waals surface area (Å²) in [6.45, 7) is 0. The summed E-state index contributed by atoms with van der Waals surface area (Å²) in [5.74, 6) is 0.549. The maximum Gasteiger partial charge on any atom is 0.325 e. The van der Waals surface area contributed by atoms with E-state index in [2.05, 4.69) is 4.98 Å². The molecule has 0 atom stereocenters. The average Bonchev–Trinajstić information content (AvgIpc) is 2.39. The molecule has 0 fully saturated rings. The number of ether oxygens (including phenoxy) is 1. The van der Waals surface area contributed by atoms with Crippen LogP contribution in [-0.2, 0) is 0 Å². The number of hydrogen-bond acceptors (Lipinski definition) is 4. The molecule has 0 saturated heterocycles. The summed E-state index contributed by atoms with van der Waals surface area (Å²) in [4.78, 5) is 4.34. The van der Waals surface area contributed by atoms with E-state index in [0.717, 1.165) is 4.73 Å². The van der Waals surface area contributed by atoms with E-state index in [1.165, 1.54) is 13.2 Å². The third-order valence-corrected chi connectivity index (χ3v) is 2.86. The molecule has 0 amide bonds. The van der Waals surface area contributed by atoms with Gasteiger partial charge in [0.1, 0.15) is 11.3 Å². The molecular formula is C13H11N2O3+. The Morgan fingerprint density at radius 2 is 1.94 bits per heavy atom. The van der Waals surface area contributed by atoms with Gasteiger partial charge >= 0.3 is 5.52 Å². The van der Waals surface area contributed by atoms with Crippen molar-refractivity contribution in [2.45, 2.75) is 0 Å². The summed E-state index contributed by atoms with van der Waals surface area (Å²) in [7, 11) is 1.53. The lowest BCUT2D eigenvalue weighted by atomic mass is 10.2. The maximum atomic E-state index is 10.2. The number of benzene rings is 2. The maximum absolute atomic E-state index is 10.2. The van der Waals surface area contributed by atoms with Gasteiger partial charge in [-0.25, -0.2) is 4.98 Å². The van der Waals surface area contributed by atoms with Gasteiger partial charge in [-0.05, 0) is 18.2 Å². The molecule has 0 saturated carbocycles. The molecule has 1 aromatic heterocycles.